The third kappa shape index (κ3) is 5.86. The fourth-order valence-electron chi connectivity index (χ4n) is 8.20. The molecule has 2 aliphatic heterocycles. The maximum atomic E-state index is 6.47. The van der Waals surface area contributed by atoms with Gasteiger partial charge in [-0.2, -0.15) is 0 Å². The standard InChI is InChI=1S/C51H33ClN6/c52-35-21-22-37-44(29-35)58-51(57-37)36-30-45-48(33-17-9-3-10-18-33)42-26-25-40(54-42)46(31-13-5-1-6-14-31)38-23-24-39(53-38)47(32-15-7-2-8-16-32)41-27-28-43(55-41)49(50(36)56-45)34-19-11-4-12-20-34/h1-30,54-55H,(H,57,58). The number of hydrogen-bond donors (Lipinski definition) is 3. The van der Waals surface area contributed by atoms with E-state index >= 15 is 0 Å². The Morgan fingerprint density at radius 3 is 1.31 bits per heavy atom. The molecule has 0 fully saturated rings. The lowest BCUT2D eigenvalue weighted by Gasteiger charge is -2.08. The molecule has 8 bridgehead atoms. The van der Waals surface area contributed by atoms with Crippen molar-refractivity contribution in [2.75, 3.05) is 0 Å². The van der Waals surface area contributed by atoms with E-state index in [1.165, 1.54) is 0 Å². The number of H-pyrrole nitrogens is 3. The zero-order valence-electron chi connectivity index (χ0n) is 31.0. The van der Waals surface area contributed by atoms with Crippen molar-refractivity contribution in [1.29, 1.82) is 0 Å². The lowest BCUT2D eigenvalue weighted by atomic mass is 9.99. The van der Waals surface area contributed by atoms with Crippen LogP contribution in [0.25, 0.3) is 101 Å². The summed E-state index contributed by atoms with van der Waals surface area (Å²) in [5.74, 6) is 0.702. The van der Waals surface area contributed by atoms with Crippen LogP contribution in [-0.4, -0.2) is 29.9 Å². The van der Waals surface area contributed by atoms with Gasteiger partial charge in [0.1, 0.15) is 5.82 Å². The summed E-state index contributed by atoms with van der Waals surface area (Å²) in [5.41, 5.74) is 17.7. The van der Waals surface area contributed by atoms with Gasteiger partial charge in [-0.05, 0) is 82.9 Å². The molecule has 2 aliphatic rings. The van der Waals surface area contributed by atoms with Crippen LogP contribution in [0, 0.1) is 0 Å². The highest BCUT2D eigenvalue weighted by Gasteiger charge is 2.25. The third-order valence-electron chi connectivity index (χ3n) is 10.8. The van der Waals surface area contributed by atoms with Crippen LogP contribution in [-0.2, 0) is 0 Å². The van der Waals surface area contributed by atoms with Crippen LogP contribution in [0.15, 0.2) is 164 Å². The Hall–Kier alpha value is -7.54. The smallest absolute Gasteiger partial charge is 0.140 e. The fraction of sp³-hybridized carbons (Fsp3) is 0. The third-order valence-corrected chi connectivity index (χ3v) is 11.0. The molecule has 0 spiro atoms. The van der Waals surface area contributed by atoms with E-state index < -0.39 is 0 Å². The number of aromatic nitrogens is 6. The Morgan fingerprint density at radius 2 is 0.810 bits per heavy atom. The second kappa shape index (κ2) is 13.9. The Bertz CT molecular complexity index is 3270. The molecule has 0 unspecified atom stereocenters. The van der Waals surface area contributed by atoms with Gasteiger partial charge in [0.25, 0.3) is 0 Å². The summed E-state index contributed by atoms with van der Waals surface area (Å²) in [5, 5.41) is 0.630. The van der Waals surface area contributed by atoms with Crippen LogP contribution in [0.2, 0.25) is 5.02 Å². The minimum absolute atomic E-state index is 0.630. The van der Waals surface area contributed by atoms with E-state index in [0.29, 0.717) is 10.8 Å². The van der Waals surface area contributed by atoms with Crippen molar-refractivity contribution in [3.63, 3.8) is 0 Å². The average molecular weight is 765 g/mol. The molecule has 9 aromatic rings. The Morgan fingerprint density at radius 1 is 0.379 bits per heavy atom. The van der Waals surface area contributed by atoms with Crippen molar-refractivity contribution in [3.05, 3.63) is 197 Å². The number of hydrogen-bond acceptors (Lipinski definition) is 3. The van der Waals surface area contributed by atoms with Gasteiger partial charge in [0.05, 0.1) is 33.8 Å². The van der Waals surface area contributed by atoms with Gasteiger partial charge >= 0.3 is 0 Å². The Labute approximate surface area is 339 Å². The molecular weight excluding hydrogens is 732 g/mol. The summed E-state index contributed by atoms with van der Waals surface area (Å²) < 4.78 is 0. The summed E-state index contributed by atoms with van der Waals surface area (Å²) in [4.78, 5) is 27.5. The van der Waals surface area contributed by atoms with Gasteiger partial charge in [-0.15, -0.1) is 0 Å². The number of rotatable bonds is 5. The van der Waals surface area contributed by atoms with E-state index in [9.17, 15) is 0 Å². The molecule has 0 radical (unpaired) electrons. The molecule has 58 heavy (non-hydrogen) atoms. The second-order valence-corrected chi connectivity index (χ2v) is 14.8. The fourth-order valence-corrected chi connectivity index (χ4v) is 8.37. The predicted octanol–water partition coefficient (Wildman–Crippen LogP) is 13.3. The minimum atomic E-state index is 0.630. The molecule has 0 saturated heterocycles. The molecule has 0 atom stereocenters. The molecular formula is C51H33ClN6. The monoisotopic (exact) mass is 764 g/mol. The first-order valence-corrected chi connectivity index (χ1v) is 19.6. The lowest BCUT2D eigenvalue weighted by Crippen LogP contribution is -1.93. The molecule has 11 rings (SSSR count). The second-order valence-electron chi connectivity index (χ2n) is 14.4. The first-order valence-electron chi connectivity index (χ1n) is 19.2. The zero-order chi connectivity index (χ0) is 38.6. The first-order chi connectivity index (χ1) is 28.6. The Kier molecular flexibility index (Phi) is 8.08. The summed E-state index contributed by atoms with van der Waals surface area (Å²) in [7, 11) is 0. The number of halogens is 1. The predicted molar refractivity (Wildman–Crippen MR) is 240 cm³/mol. The van der Waals surface area contributed by atoms with Crippen LogP contribution in [0.5, 0.6) is 0 Å². The molecule has 3 N–H and O–H groups in total. The lowest BCUT2D eigenvalue weighted by molar-refractivity contribution is 1.24. The highest BCUT2D eigenvalue weighted by atomic mass is 35.5. The van der Waals surface area contributed by atoms with E-state index in [1.54, 1.807) is 0 Å². The number of nitrogens with one attached hydrogen (secondary N) is 3. The number of aromatic amines is 3. The molecule has 5 aromatic carbocycles. The molecule has 0 saturated carbocycles. The van der Waals surface area contributed by atoms with Gasteiger partial charge in [0, 0.05) is 54.9 Å². The van der Waals surface area contributed by atoms with Crippen LogP contribution in [0.4, 0.5) is 0 Å². The highest BCUT2D eigenvalue weighted by Crippen LogP contribution is 2.42. The first kappa shape index (κ1) is 33.8. The quantitative estimate of drug-likeness (QED) is 0.163. The van der Waals surface area contributed by atoms with Crippen molar-refractivity contribution >= 4 is 68.5 Å². The van der Waals surface area contributed by atoms with Crippen molar-refractivity contribution in [2.24, 2.45) is 0 Å². The SMILES string of the molecule is Clc1ccc2[nH]c(C3=Cc4nc3c(-c3ccccc3)c3ccc([nH]3)c(-c3ccccc3)c3nc(c(-c5ccccc5)c5ccc([nH]5)c4-c4ccccc4)C=C3)nc2c1. The molecule has 0 aliphatic carbocycles. The maximum Gasteiger partial charge on any atom is 0.140 e. The van der Waals surface area contributed by atoms with Crippen LogP contribution >= 0.6 is 11.6 Å². The minimum Gasteiger partial charge on any atom is -0.354 e. The van der Waals surface area contributed by atoms with Crippen LogP contribution < -0.4 is 0 Å². The zero-order valence-corrected chi connectivity index (χ0v) is 31.8. The number of nitrogens with zero attached hydrogens (tertiary/aromatic N) is 3. The molecule has 6 heterocycles. The number of benzene rings is 5. The number of fused-ring (bicyclic) bond motifs is 9. The molecule has 0 amide bonds. The molecule has 7 heteroatoms. The largest absolute Gasteiger partial charge is 0.354 e. The Balaban J connectivity index is 1.35. The highest BCUT2D eigenvalue weighted by molar-refractivity contribution is 6.31. The van der Waals surface area contributed by atoms with Crippen molar-refractivity contribution < 1.29 is 0 Å². The summed E-state index contributed by atoms with van der Waals surface area (Å²) in [6.45, 7) is 0. The van der Waals surface area contributed by atoms with E-state index in [1.807, 2.05) is 42.5 Å². The summed E-state index contributed by atoms with van der Waals surface area (Å²) in [6, 6.07) is 56.2. The normalized spacial score (nSPS) is 12.3. The van der Waals surface area contributed by atoms with E-state index in [2.05, 4.69) is 155 Å². The van der Waals surface area contributed by atoms with Gasteiger partial charge in [-0.25, -0.2) is 15.0 Å². The van der Waals surface area contributed by atoms with E-state index in [0.717, 1.165) is 106 Å². The van der Waals surface area contributed by atoms with Gasteiger partial charge < -0.3 is 15.0 Å². The molecule has 4 aromatic heterocycles. The van der Waals surface area contributed by atoms with Crippen molar-refractivity contribution in [3.8, 4) is 44.5 Å². The summed E-state index contributed by atoms with van der Waals surface area (Å²) >= 11 is 6.47. The average Bonchev–Trinajstić information content (AvgIpc) is 4.13. The maximum absolute atomic E-state index is 6.47. The van der Waals surface area contributed by atoms with Crippen LogP contribution in [0.3, 0.4) is 0 Å². The topological polar surface area (TPSA) is 86.0 Å². The molecule has 274 valence electrons. The van der Waals surface area contributed by atoms with Gasteiger partial charge in [0.2, 0.25) is 0 Å². The van der Waals surface area contributed by atoms with E-state index in [4.69, 9.17) is 26.6 Å². The number of imidazole rings is 1. The van der Waals surface area contributed by atoms with Gasteiger partial charge in [-0.1, -0.05) is 133 Å². The molecule has 6 nitrogen and oxygen atoms in total. The van der Waals surface area contributed by atoms with Gasteiger partial charge in [-0.3, -0.25) is 0 Å². The van der Waals surface area contributed by atoms with Crippen LogP contribution in [0.1, 0.15) is 28.6 Å². The van der Waals surface area contributed by atoms with E-state index in [-0.39, 0.29) is 0 Å². The van der Waals surface area contributed by atoms with Crippen molar-refractivity contribution in [1.82, 2.24) is 29.9 Å². The van der Waals surface area contributed by atoms with Gasteiger partial charge in [0.15, 0.2) is 0 Å². The summed E-state index contributed by atoms with van der Waals surface area (Å²) in [6.07, 6.45) is 6.42. The van der Waals surface area contributed by atoms with Crippen molar-refractivity contribution in [2.45, 2.75) is 0 Å².